The number of carbonyl (C=O) groups excluding carboxylic acids is 1. The molecule has 1 amide bonds. The zero-order valence-corrected chi connectivity index (χ0v) is 11.7. The summed E-state index contributed by atoms with van der Waals surface area (Å²) in [5.74, 6) is 0.577. The van der Waals surface area contributed by atoms with Gasteiger partial charge in [0.15, 0.2) is 5.82 Å². The van der Waals surface area contributed by atoms with Gasteiger partial charge in [-0.1, -0.05) is 17.3 Å². The number of carbonyl (C=O) groups is 1. The molecule has 6 nitrogen and oxygen atoms in total. The van der Waals surface area contributed by atoms with Crippen LogP contribution in [0, 0.1) is 25.2 Å². The Morgan fingerprint density at radius 2 is 2.19 bits per heavy atom. The van der Waals surface area contributed by atoms with E-state index in [0.717, 1.165) is 5.56 Å². The van der Waals surface area contributed by atoms with Gasteiger partial charge >= 0.3 is 0 Å². The molecule has 0 aliphatic heterocycles. The van der Waals surface area contributed by atoms with Crippen LogP contribution in [0.5, 0.6) is 0 Å². The first kappa shape index (κ1) is 14.3. The van der Waals surface area contributed by atoms with Crippen LogP contribution in [0.2, 0.25) is 0 Å². The van der Waals surface area contributed by atoms with E-state index >= 15 is 0 Å². The molecule has 0 atom stereocenters. The number of nitriles is 1. The van der Waals surface area contributed by atoms with E-state index in [-0.39, 0.29) is 5.57 Å². The monoisotopic (exact) mass is 282 g/mol. The second kappa shape index (κ2) is 6.39. The van der Waals surface area contributed by atoms with Crippen LogP contribution < -0.4 is 10.6 Å². The molecule has 21 heavy (non-hydrogen) atoms. The van der Waals surface area contributed by atoms with Crippen molar-refractivity contribution in [3.63, 3.8) is 0 Å². The molecule has 2 N–H and O–H groups in total. The quantitative estimate of drug-likeness (QED) is 0.664. The van der Waals surface area contributed by atoms with Gasteiger partial charge < -0.3 is 15.2 Å². The second-order valence-corrected chi connectivity index (χ2v) is 4.46. The third kappa shape index (κ3) is 3.94. The topological polar surface area (TPSA) is 91.0 Å². The first-order chi connectivity index (χ1) is 10.1. The molecule has 0 spiro atoms. The second-order valence-electron chi connectivity index (χ2n) is 4.46. The van der Waals surface area contributed by atoms with E-state index < -0.39 is 5.91 Å². The molecule has 0 aliphatic rings. The molecule has 2 aromatic rings. The fourth-order valence-electron chi connectivity index (χ4n) is 1.65. The molecule has 106 valence electrons. The fraction of sp³-hybridized carbons (Fsp3) is 0.133. The molecule has 0 saturated heterocycles. The van der Waals surface area contributed by atoms with Gasteiger partial charge in [-0.25, -0.2) is 0 Å². The maximum absolute atomic E-state index is 12.0. The van der Waals surface area contributed by atoms with Gasteiger partial charge in [0, 0.05) is 18.0 Å². The van der Waals surface area contributed by atoms with E-state index in [2.05, 4.69) is 15.8 Å². The predicted octanol–water partition coefficient (Wildman–Crippen LogP) is 2.75. The standard InChI is InChI=1S/C15H14N4O2/c1-10-4-3-5-13(6-10)18-15(20)12(8-16)9-17-14-7-11(2)21-19-14/h3-7,9H,1-2H3,(H,17,19)(H,18,20)/b12-9-. The predicted molar refractivity (Wildman–Crippen MR) is 78.4 cm³/mol. The minimum absolute atomic E-state index is 0.0582. The molecular weight excluding hydrogens is 268 g/mol. The Morgan fingerprint density at radius 1 is 1.38 bits per heavy atom. The van der Waals surface area contributed by atoms with Crippen molar-refractivity contribution in [1.82, 2.24) is 5.16 Å². The number of benzene rings is 1. The fourth-order valence-corrected chi connectivity index (χ4v) is 1.65. The SMILES string of the molecule is Cc1cccc(NC(=O)/C(C#N)=C\Nc2cc(C)on2)c1. The van der Waals surface area contributed by atoms with Gasteiger partial charge in [0.05, 0.1) is 0 Å². The Labute approximate surface area is 122 Å². The van der Waals surface area contributed by atoms with Crippen LogP contribution in [-0.2, 0) is 4.79 Å². The van der Waals surface area contributed by atoms with Crippen LogP contribution in [0.25, 0.3) is 0 Å². The van der Waals surface area contributed by atoms with E-state index in [0.29, 0.717) is 17.3 Å². The van der Waals surface area contributed by atoms with Crippen LogP contribution in [0.3, 0.4) is 0 Å². The lowest BCUT2D eigenvalue weighted by Gasteiger charge is -2.05. The molecule has 1 heterocycles. The summed E-state index contributed by atoms with van der Waals surface area (Å²) in [5, 5.41) is 18.2. The van der Waals surface area contributed by atoms with Crippen molar-refractivity contribution in [1.29, 1.82) is 5.26 Å². The Morgan fingerprint density at radius 3 is 2.81 bits per heavy atom. The lowest BCUT2D eigenvalue weighted by atomic mass is 10.2. The summed E-state index contributed by atoms with van der Waals surface area (Å²) in [6.07, 6.45) is 1.29. The lowest BCUT2D eigenvalue weighted by Crippen LogP contribution is -2.14. The first-order valence-electron chi connectivity index (χ1n) is 6.26. The Balaban J connectivity index is 2.06. The number of amides is 1. The van der Waals surface area contributed by atoms with E-state index in [9.17, 15) is 4.79 Å². The molecule has 1 aromatic heterocycles. The maximum Gasteiger partial charge on any atom is 0.267 e. The minimum atomic E-state index is -0.490. The van der Waals surface area contributed by atoms with E-state index in [1.54, 1.807) is 19.1 Å². The van der Waals surface area contributed by atoms with E-state index in [4.69, 9.17) is 9.78 Å². The molecule has 0 radical (unpaired) electrons. The molecule has 1 aromatic carbocycles. The number of aromatic nitrogens is 1. The number of rotatable bonds is 4. The highest BCUT2D eigenvalue weighted by Gasteiger charge is 2.09. The van der Waals surface area contributed by atoms with Gasteiger partial charge in [-0.05, 0) is 31.5 Å². The molecule has 0 saturated carbocycles. The number of anilines is 2. The molecule has 0 unspecified atom stereocenters. The third-order valence-electron chi connectivity index (χ3n) is 2.63. The van der Waals surface area contributed by atoms with Crippen LogP contribution >= 0.6 is 0 Å². The zero-order valence-electron chi connectivity index (χ0n) is 11.7. The van der Waals surface area contributed by atoms with Crippen molar-refractivity contribution in [3.8, 4) is 6.07 Å². The summed E-state index contributed by atoms with van der Waals surface area (Å²) in [5.41, 5.74) is 1.60. The molecular formula is C15H14N4O2. The summed E-state index contributed by atoms with van der Waals surface area (Å²) >= 11 is 0. The third-order valence-corrected chi connectivity index (χ3v) is 2.63. The highest BCUT2D eigenvalue weighted by Crippen LogP contribution is 2.12. The van der Waals surface area contributed by atoms with Gasteiger partial charge in [0.1, 0.15) is 17.4 Å². The lowest BCUT2D eigenvalue weighted by molar-refractivity contribution is -0.112. The van der Waals surface area contributed by atoms with Crippen molar-refractivity contribution < 1.29 is 9.32 Å². The van der Waals surface area contributed by atoms with Gasteiger partial charge in [0.2, 0.25) is 0 Å². The minimum Gasteiger partial charge on any atom is -0.360 e. The average molecular weight is 282 g/mol. The highest BCUT2D eigenvalue weighted by atomic mass is 16.5. The molecule has 2 rings (SSSR count). The number of hydrogen-bond acceptors (Lipinski definition) is 5. The van der Waals surface area contributed by atoms with Crippen LogP contribution in [0.15, 0.2) is 46.6 Å². The van der Waals surface area contributed by atoms with Gasteiger partial charge in [-0.2, -0.15) is 5.26 Å². The maximum atomic E-state index is 12.0. The summed E-state index contributed by atoms with van der Waals surface area (Å²) in [6.45, 7) is 3.67. The normalized spacial score (nSPS) is 10.8. The largest absolute Gasteiger partial charge is 0.360 e. The number of nitrogens with one attached hydrogen (secondary N) is 2. The van der Waals surface area contributed by atoms with Crippen molar-refractivity contribution in [2.24, 2.45) is 0 Å². The zero-order chi connectivity index (χ0) is 15.2. The van der Waals surface area contributed by atoms with E-state index in [1.807, 2.05) is 31.2 Å². The van der Waals surface area contributed by atoms with Gasteiger partial charge in [0.25, 0.3) is 5.91 Å². The first-order valence-corrected chi connectivity index (χ1v) is 6.26. The van der Waals surface area contributed by atoms with Crippen molar-refractivity contribution in [2.75, 3.05) is 10.6 Å². The average Bonchev–Trinajstić information content (AvgIpc) is 2.85. The van der Waals surface area contributed by atoms with Crippen molar-refractivity contribution in [2.45, 2.75) is 13.8 Å². The Hall–Kier alpha value is -3.07. The Kier molecular flexibility index (Phi) is 4.36. The summed E-state index contributed by atoms with van der Waals surface area (Å²) in [4.78, 5) is 12.0. The van der Waals surface area contributed by atoms with Crippen LogP contribution in [0.4, 0.5) is 11.5 Å². The van der Waals surface area contributed by atoms with Crippen molar-refractivity contribution in [3.05, 3.63) is 53.4 Å². The summed E-state index contributed by atoms with van der Waals surface area (Å²) < 4.78 is 4.87. The Bertz CT molecular complexity index is 725. The number of nitrogens with zero attached hydrogens (tertiary/aromatic N) is 2. The molecule has 0 bridgehead atoms. The van der Waals surface area contributed by atoms with Crippen LogP contribution in [0.1, 0.15) is 11.3 Å². The van der Waals surface area contributed by atoms with Gasteiger partial charge in [-0.15, -0.1) is 0 Å². The molecule has 0 fully saturated rings. The smallest absolute Gasteiger partial charge is 0.267 e. The highest BCUT2D eigenvalue weighted by molar-refractivity contribution is 6.06. The molecule has 6 heteroatoms. The summed E-state index contributed by atoms with van der Waals surface area (Å²) in [6, 6.07) is 10.8. The van der Waals surface area contributed by atoms with Gasteiger partial charge in [-0.3, -0.25) is 4.79 Å². The van der Waals surface area contributed by atoms with E-state index in [1.165, 1.54) is 6.20 Å². The van der Waals surface area contributed by atoms with Crippen LogP contribution in [-0.4, -0.2) is 11.1 Å². The molecule has 0 aliphatic carbocycles. The van der Waals surface area contributed by atoms with Crippen molar-refractivity contribution >= 4 is 17.4 Å². The summed E-state index contributed by atoms with van der Waals surface area (Å²) in [7, 11) is 0. The number of hydrogen-bond donors (Lipinski definition) is 2. The number of aryl methyl sites for hydroxylation is 2.